The predicted molar refractivity (Wildman–Crippen MR) is 64.1 cm³/mol. The van der Waals surface area contributed by atoms with Gasteiger partial charge in [0.05, 0.1) is 0 Å². The smallest absolute Gasteiger partial charge is 0.221 e. The number of hydrogen-bond acceptors (Lipinski definition) is 2. The quantitative estimate of drug-likeness (QED) is 0.840. The maximum Gasteiger partial charge on any atom is 0.221 e. The van der Waals surface area contributed by atoms with Crippen molar-refractivity contribution < 1.29 is 4.79 Å². The minimum atomic E-state index is -0.0354. The number of carbonyl (C=O) groups excluding carboxylic acids is 1. The molecule has 0 bridgehead atoms. The van der Waals surface area contributed by atoms with Crippen molar-refractivity contribution in [1.29, 1.82) is 0 Å². The van der Waals surface area contributed by atoms with E-state index >= 15 is 0 Å². The molecule has 1 aliphatic heterocycles. The summed E-state index contributed by atoms with van der Waals surface area (Å²) in [7, 11) is 0. The van der Waals surface area contributed by atoms with Crippen LogP contribution in [0.15, 0.2) is 18.2 Å². The summed E-state index contributed by atoms with van der Waals surface area (Å²) in [6, 6.07) is 8.88. The fraction of sp³-hybridized carbons (Fsp3) is 0.462. The molecule has 1 radical (unpaired) electrons. The zero-order valence-corrected chi connectivity index (χ0v) is 9.62. The standard InChI is InChI=1S/C13H17N2O/c1-11(16)14-13-6-4-5-12(9-13)10-15-7-2-3-8-15/h5-6,9H,2-3,7-8,10H2,1H3,(H,14,16). The van der Waals surface area contributed by atoms with Crippen LogP contribution in [0, 0.1) is 6.07 Å². The van der Waals surface area contributed by atoms with E-state index in [2.05, 4.69) is 16.3 Å². The van der Waals surface area contributed by atoms with E-state index in [1.807, 2.05) is 12.1 Å². The molecule has 0 unspecified atom stereocenters. The fourth-order valence-electron chi connectivity index (χ4n) is 2.09. The van der Waals surface area contributed by atoms with Crippen LogP contribution in [0.3, 0.4) is 0 Å². The predicted octanol–water partition coefficient (Wildman–Crippen LogP) is 2.04. The highest BCUT2D eigenvalue weighted by Gasteiger charge is 2.11. The van der Waals surface area contributed by atoms with Gasteiger partial charge in [-0.25, -0.2) is 0 Å². The summed E-state index contributed by atoms with van der Waals surface area (Å²) in [6.07, 6.45) is 2.60. The Balaban J connectivity index is 2.00. The highest BCUT2D eigenvalue weighted by atomic mass is 16.1. The minimum absolute atomic E-state index is 0.0354. The number of hydrogen-bond donors (Lipinski definition) is 1. The highest BCUT2D eigenvalue weighted by Crippen LogP contribution is 2.15. The van der Waals surface area contributed by atoms with Gasteiger partial charge in [0.15, 0.2) is 0 Å². The lowest BCUT2D eigenvalue weighted by atomic mass is 10.2. The average molecular weight is 217 g/mol. The average Bonchev–Trinajstić information content (AvgIpc) is 2.70. The molecule has 0 saturated carbocycles. The Morgan fingerprint density at radius 2 is 2.19 bits per heavy atom. The Bertz CT molecular complexity index is 370. The molecule has 1 saturated heterocycles. The lowest BCUT2D eigenvalue weighted by Crippen LogP contribution is -2.18. The summed E-state index contributed by atoms with van der Waals surface area (Å²) < 4.78 is 0. The minimum Gasteiger partial charge on any atom is -0.326 e. The van der Waals surface area contributed by atoms with Crippen LogP contribution >= 0.6 is 0 Å². The molecule has 1 aliphatic rings. The van der Waals surface area contributed by atoms with Gasteiger partial charge in [0, 0.05) is 19.2 Å². The van der Waals surface area contributed by atoms with E-state index in [0.29, 0.717) is 0 Å². The first-order chi connectivity index (χ1) is 7.74. The summed E-state index contributed by atoms with van der Waals surface area (Å²) in [5.41, 5.74) is 2.05. The zero-order chi connectivity index (χ0) is 11.4. The number of nitrogens with one attached hydrogen (secondary N) is 1. The number of anilines is 1. The van der Waals surface area contributed by atoms with E-state index in [-0.39, 0.29) is 5.91 Å². The Morgan fingerprint density at radius 3 is 2.88 bits per heavy atom. The molecule has 1 amide bonds. The Labute approximate surface area is 96.5 Å². The number of benzene rings is 1. The van der Waals surface area contributed by atoms with E-state index in [9.17, 15) is 4.79 Å². The van der Waals surface area contributed by atoms with Crippen molar-refractivity contribution >= 4 is 11.6 Å². The second-order valence-corrected chi connectivity index (χ2v) is 4.29. The highest BCUT2D eigenvalue weighted by molar-refractivity contribution is 5.88. The van der Waals surface area contributed by atoms with E-state index < -0.39 is 0 Å². The summed E-state index contributed by atoms with van der Waals surface area (Å²) in [5, 5.41) is 2.78. The van der Waals surface area contributed by atoms with Crippen LogP contribution in [0.2, 0.25) is 0 Å². The largest absolute Gasteiger partial charge is 0.326 e. The summed E-state index contributed by atoms with van der Waals surface area (Å²) in [5.74, 6) is -0.0354. The second kappa shape index (κ2) is 5.12. The molecule has 0 aliphatic carbocycles. The Morgan fingerprint density at radius 1 is 1.44 bits per heavy atom. The van der Waals surface area contributed by atoms with Crippen LogP contribution in [-0.4, -0.2) is 23.9 Å². The summed E-state index contributed by atoms with van der Waals surface area (Å²) in [6.45, 7) is 4.85. The van der Waals surface area contributed by atoms with E-state index in [1.54, 1.807) is 6.07 Å². The summed E-state index contributed by atoms with van der Waals surface area (Å²) >= 11 is 0. The molecule has 1 N–H and O–H groups in total. The topological polar surface area (TPSA) is 32.3 Å². The van der Waals surface area contributed by atoms with Crippen molar-refractivity contribution in [3.8, 4) is 0 Å². The van der Waals surface area contributed by atoms with E-state index in [4.69, 9.17) is 0 Å². The zero-order valence-electron chi connectivity index (χ0n) is 9.62. The van der Waals surface area contributed by atoms with Gasteiger partial charge in [-0.1, -0.05) is 0 Å². The van der Waals surface area contributed by atoms with Crippen LogP contribution in [0.1, 0.15) is 25.3 Å². The van der Waals surface area contributed by atoms with Crippen molar-refractivity contribution in [3.05, 3.63) is 29.8 Å². The molecule has 0 aromatic heterocycles. The van der Waals surface area contributed by atoms with Crippen molar-refractivity contribution in [1.82, 2.24) is 4.90 Å². The Kier molecular flexibility index (Phi) is 3.57. The molecule has 0 atom stereocenters. The van der Waals surface area contributed by atoms with Crippen LogP contribution in [0.25, 0.3) is 0 Å². The molecule has 3 heteroatoms. The van der Waals surface area contributed by atoms with Crippen LogP contribution < -0.4 is 5.32 Å². The number of nitrogens with zero attached hydrogens (tertiary/aromatic N) is 1. The molecule has 3 nitrogen and oxygen atoms in total. The summed E-state index contributed by atoms with van der Waals surface area (Å²) in [4.78, 5) is 13.4. The van der Waals surface area contributed by atoms with Gasteiger partial charge < -0.3 is 5.32 Å². The maximum atomic E-state index is 10.9. The van der Waals surface area contributed by atoms with Crippen LogP contribution in [-0.2, 0) is 11.3 Å². The molecule has 85 valence electrons. The second-order valence-electron chi connectivity index (χ2n) is 4.29. The molecule has 0 spiro atoms. The molecule has 1 aromatic carbocycles. The van der Waals surface area contributed by atoms with E-state index in [1.165, 1.54) is 38.4 Å². The Hall–Kier alpha value is -1.35. The molecule has 16 heavy (non-hydrogen) atoms. The number of rotatable bonds is 3. The van der Waals surface area contributed by atoms with Gasteiger partial charge >= 0.3 is 0 Å². The SMILES string of the molecule is CC(=O)Nc1c[c]cc(CN2CCCC2)c1. The third-order valence-electron chi connectivity index (χ3n) is 2.77. The molecular weight excluding hydrogens is 200 g/mol. The normalized spacial score (nSPS) is 16.3. The molecule has 1 fully saturated rings. The molecule has 1 heterocycles. The number of carbonyl (C=O) groups is 1. The molecule has 2 rings (SSSR count). The van der Waals surface area contributed by atoms with Gasteiger partial charge in [-0.05, 0) is 55.8 Å². The number of amides is 1. The third-order valence-corrected chi connectivity index (χ3v) is 2.77. The van der Waals surface area contributed by atoms with Gasteiger partial charge in [-0.2, -0.15) is 0 Å². The van der Waals surface area contributed by atoms with Crippen molar-refractivity contribution in [3.63, 3.8) is 0 Å². The van der Waals surface area contributed by atoms with Crippen LogP contribution in [0.5, 0.6) is 0 Å². The lowest BCUT2D eigenvalue weighted by Gasteiger charge is -2.15. The maximum absolute atomic E-state index is 10.9. The van der Waals surface area contributed by atoms with Crippen molar-refractivity contribution in [2.24, 2.45) is 0 Å². The van der Waals surface area contributed by atoms with Crippen molar-refractivity contribution in [2.45, 2.75) is 26.3 Å². The van der Waals surface area contributed by atoms with E-state index in [0.717, 1.165) is 12.2 Å². The molecule has 1 aromatic rings. The third kappa shape index (κ3) is 3.07. The van der Waals surface area contributed by atoms with Gasteiger partial charge in [0.2, 0.25) is 5.91 Å². The lowest BCUT2D eigenvalue weighted by molar-refractivity contribution is -0.114. The first-order valence-electron chi connectivity index (χ1n) is 5.74. The monoisotopic (exact) mass is 217 g/mol. The van der Waals surface area contributed by atoms with Crippen molar-refractivity contribution in [2.75, 3.05) is 18.4 Å². The fourth-order valence-corrected chi connectivity index (χ4v) is 2.09. The van der Waals surface area contributed by atoms with Crippen LogP contribution in [0.4, 0.5) is 5.69 Å². The first kappa shape index (κ1) is 11.1. The van der Waals surface area contributed by atoms with Gasteiger partial charge in [0.25, 0.3) is 0 Å². The van der Waals surface area contributed by atoms with Gasteiger partial charge in [0.1, 0.15) is 0 Å². The van der Waals surface area contributed by atoms with Gasteiger partial charge in [-0.15, -0.1) is 0 Å². The first-order valence-corrected chi connectivity index (χ1v) is 5.74. The molecular formula is C13H17N2O. The van der Waals surface area contributed by atoms with Gasteiger partial charge in [-0.3, -0.25) is 9.69 Å². The number of likely N-dealkylation sites (tertiary alicyclic amines) is 1.